The third-order valence-corrected chi connectivity index (χ3v) is 7.94. The van der Waals surface area contributed by atoms with Crippen molar-refractivity contribution in [1.82, 2.24) is 10.2 Å². The smallest absolute Gasteiger partial charge is 0.264 e. The Morgan fingerprint density at radius 2 is 1.55 bits per heavy atom. The molecule has 3 aromatic carbocycles. The molecule has 3 aromatic rings. The lowest BCUT2D eigenvalue weighted by Gasteiger charge is -2.32. The largest absolute Gasteiger partial charge is 0.493 e. The molecule has 0 aromatic heterocycles. The second-order valence-electron chi connectivity index (χ2n) is 8.66. The molecule has 10 heteroatoms. The van der Waals surface area contributed by atoms with E-state index in [2.05, 4.69) is 5.32 Å². The number of benzene rings is 3. The first-order valence-electron chi connectivity index (χ1n) is 12.0. The van der Waals surface area contributed by atoms with Gasteiger partial charge in [0.15, 0.2) is 11.5 Å². The first-order chi connectivity index (χ1) is 18.1. The number of ether oxygens (including phenoxy) is 2. The fraction of sp³-hybridized carbons (Fsp3) is 0.286. The molecular weight excluding hydrogens is 506 g/mol. The van der Waals surface area contributed by atoms with E-state index in [9.17, 15) is 18.0 Å². The number of nitrogens with one attached hydrogen (secondary N) is 1. The molecule has 0 aliphatic rings. The van der Waals surface area contributed by atoms with Gasteiger partial charge in [0.2, 0.25) is 11.8 Å². The van der Waals surface area contributed by atoms with Gasteiger partial charge in [0.05, 0.1) is 24.8 Å². The van der Waals surface area contributed by atoms with Gasteiger partial charge in [0.25, 0.3) is 10.0 Å². The summed E-state index contributed by atoms with van der Waals surface area (Å²) in [7, 11) is 0.237. The summed E-state index contributed by atoms with van der Waals surface area (Å²) in [6, 6.07) is 19.2. The summed E-state index contributed by atoms with van der Waals surface area (Å²) in [5.41, 5.74) is 2.07. The zero-order valence-electron chi connectivity index (χ0n) is 22.2. The van der Waals surface area contributed by atoms with E-state index in [-0.39, 0.29) is 23.0 Å². The second-order valence-corrected chi connectivity index (χ2v) is 10.5. The van der Waals surface area contributed by atoms with Gasteiger partial charge < -0.3 is 19.7 Å². The molecule has 38 heavy (non-hydrogen) atoms. The van der Waals surface area contributed by atoms with Crippen molar-refractivity contribution in [2.45, 2.75) is 31.3 Å². The van der Waals surface area contributed by atoms with E-state index in [4.69, 9.17) is 9.47 Å². The number of methoxy groups -OCH3 is 2. The lowest BCUT2D eigenvalue weighted by molar-refractivity contribution is -0.139. The maximum atomic E-state index is 13.8. The predicted octanol–water partition coefficient (Wildman–Crippen LogP) is 3.37. The average Bonchev–Trinajstić information content (AvgIpc) is 2.94. The van der Waals surface area contributed by atoms with Gasteiger partial charge in [-0.1, -0.05) is 48.0 Å². The van der Waals surface area contributed by atoms with Gasteiger partial charge in [-0.15, -0.1) is 0 Å². The molecule has 202 valence electrons. The third-order valence-electron chi connectivity index (χ3n) is 6.15. The van der Waals surface area contributed by atoms with Crippen LogP contribution in [-0.2, 0) is 26.2 Å². The van der Waals surface area contributed by atoms with Crippen LogP contribution in [0.2, 0.25) is 0 Å². The average molecular weight is 540 g/mol. The Labute approximate surface area is 224 Å². The van der Waals surface area contributed by atoms with E-state index in [1.807, 2.05) is 31.2 Å². The van der Waals surface area contributed by atoms with Gasteiger partial charge in [0, 0.05) is 19.7 Å². The minimum absolute atomic E-state index is 0.0204. The van der Waals surface area contributed by atoms with Crippen LogP contribution in [-0.4, -0.2) is 59.0 Å². The zero-order chi connectivity index (χ0) is 27.9. The summed E-state index contributed by atoms with van der Waals surface area (Å²) in [6.45, 7) is 3.14. The van der Waals surface area contributed by atoms with E-state index in [0.29, 0.717) is 11.5 Å². The Hall–Kier alpha value is -4.05. The monoisotopic (exact) mass is 539 g/mol. The molecule has 0 saturated carbocycles. The Morgan fingerprint density at radius 3 is 2.13 bits per heavy atom. The Balaban J connectivity index is 2.07. The fourth-order valence-corrected chi connectivity index (χ4v) is 5.34. The number of anilines is 1. The van der Waals surface area contributed by atoms with E-state index in [0.717, 1.165) is 15.4 Å². The molecule has 0 aliphatic heterocycles. The molecule has 0 radical (unpaired) electrons. The number of likely N-dealkylation sites (N-methyl/N-ethyl adjacent to an activating group) is 1. The van der Waals surface area contributed by atoms with Gasteiger partial charge in [-0.05, 0) is 43.7 Å². The number of amides is 2. The molecular formula is C28H33N3O6S. The lowest BCUT2D eigenvalue weighted by Crippen LogP contribution is -2.50. The number of nitrogens with zero attached hydrogens (tertiary/aromatic N) is 2. The first kappa shape index (κ1) is 28.5. The summed E-state index contributed by atoms with van der Waals surface area (Å²) < 4.78 is 39.3. The quantitative estimate of drug-likeness (QED) is 0.401. The van der Waals surface area contributed by atoms with Crippen LogP contribution in [0.25, 0.3) is 0 Å². The van der Waals surface area contributed by atoms with Crippen LogP contribution >= 0.6 is 0 Å². The van der Waals surface area contributed by atoms with Gasteiger partial charge in [-0.25, -0.2) is 8.42 Å². The molecule has 1 N–H and O–H groups in total. The highest BCUT2D eigenvalue weighted by atomic mass is 32.2. The first-order valence-corrected chi connectivity index (χ1v) is 13.4. The molecule has 0 aliphatic carbocycles. The topological polar surface area (TPSA) is 105 Å². The van der Waals surface area contributed by atoms with Gasteiger partial charge in [-0.2, -0.15) is 0 Å². The van der Waals surface area contributed by atoms with Crippen molar-refractivity contribution in [2.24, 2.45) is 0 Å². The number of hydrogen-bond donors (Lipinski definition) is 1. The Kier molecular flexibility index (Phi) is 9.35. The van der Waals surface area contributed by atoms with Gasteiger partial charge >= 0.3 is 0 Å². The molecule has 1 unspecified atom stereocenters. The minimum atomic E-state index is -4.17. The zero-order valence-corrected chi connectivity index (χ0v) is 23.0. The van der Waals surface area contributed by atoms with Crippen molar-refractivity contribution in [3.05, 3.63) is 83.9 Å². The summed E-state index contributed by atoms with van der Waals surface area (Å²) in [4.78, 5) is 27.8. The summed E-state index contributed by atoms with van der Waals surface area (Å²) in [6.07, 6.45) is 0. The predicted molar refractivity (Wildman–Crippen MR) is 146 cm³/mol. The minimum Gasteiger partial charge on any atom is -0.493 e. The summed E-state index contributed by atoms with van der Waals surface area (Å²) >= 11 is 0. The molecule has 9 nitrogen and oxygen atoms in total. The number of aryl methyl sites for hydroxylation is 1. The number of sulfonamides is 1. The normalized spacial score (nSPS) is 11.8. The standard InChI is InChI=1S/C28H33N3O6S/c1-20-11-13-22(14-12-20)18-30(21(2)28(33)29-3)27(32)19-31(38(34,35)24-9-7-6-8-10-24)23-15-16-25(36-4)26(17-23)37-5/h6-17,21H,18-19H2,1-5H3,(H,29,33). The molecule has 0 fully saturated rings. The second kappa shape index (κ2) is 12.5. The van der Waals surface area contributed by atoms with E-state index in [1.54, 1.807) is 37.3 Å². The SMILES string of the molecule is CNC(=O)C(C)N(Cc1ccc(C)cc1)C(=O)CN(c1ccc(OC)c(OC)c1)S(=O)(=O)c1ccccc1. The molecule has 0 heterocycles. The maximum Gasteiger partial charge on any atom is 0.264 e. The number of rotatable bonds is 11. The molecule has 3 rings (SSSR count). The van der Waals surface area contributed by atoms with E-state index >= 15 is 0 Å². The third kappa shape index (κ3) is 6.44. The highest BCUT2D eigenvalue weighted by Gasteiger charge is 2.32. The molecule has 0 bridgehead atoms. The lowest BCUT2D eigenvalue weighted by atomic mass is 10.1. The molecule has 0 spiro atoms. The molecule has 0 saturated heterocycles. The Morgan fingerprint density at radius 1 is 0.921 bits per heavy atom. The van der Waals surface area contributed by atoms with E-state index in [1.165, 1.54) is 44.4 Å². The summed E-state index contributed by atoms with van der Waals surface area (Å²) in [5.74, 6) is -0.195. The number of hydrogen-bond acceptors (Lipinski definition) is 6. The van der Waals surface area contributed by atoms with Crippen LogP contribution in [0, 0.1) is 6.92 Å². The van der Waals surface area contributed by atoms with Crippen molar-refractivity contribution in [1.29, 1.82) is 0 Å². The van der Waals surface area contributed by atoms with Crippen molar-refractivity contribution >= 4 is 27.5 Å². The van der Waals surface area contributed by atoms with Crippen LogP contribution in [0.15, 0.2) is 77.7 Å². The van der Waals surface area contributed by atoms with Crippen molar-refractivity contribution in [3.63, 3.8) is 0 Å². The maximum absolute atomic E-state index is 13.8. The summed E-state index contributed by atoms with van der Waals surface area (Å²) in [5, 5.41) is 2.57. The fourth-order valence-electron chi connectivity index (χ4n) is 3.91. The molecule has 1 atom stereocenters. The van der Waals surface area contributed by atoms with Crippen LogP contribution < -0.4 is 19.1 Å². The highest BCUT2D eigenvalue weighted by Crippen LogP contribution is 2.34. The van der Waals surface area contributed by atoms with E-state index < -0.39 is 28.5 Å². The van der Waals surface area contributed by atoms with Crippen LogP contribution in [0.1, 0.15) is 18.1 Å². The van der Waals surface area contributed by atoms with Crippen molar-refractivity contribution < 1.29 is 27.5 Å². The van der Waals surface area contributed by atoms with Gasteiger partial charge in [0.1, 0.15) is 12.6 Å². The van der Waals surface area contributed by atoms with Crippen LogP contribution in [0.3, 0.4) is 0 Å². The van der Waals surface area contributed by atoms with Crippen molar-refractivity contribution in [2.75, 3.05) is 32.1 Å². The Bertz CT molecular complexity index is 1360. The molecule has 2 amide bonds. The van der Waals surface area contributed by atoms with Crippen molar-refractivity contribution in [3.8, 4) is 11.5 Å². The highest BCUT2D eigenvalue weighted by molar-refractivity contribution is 7.92. The van der Waals surface area contributed by atoms with Crippen LogP contribution in [0.5, 0.6) is 11.5 Å². The van der Waals surface area contributed by atoms with Crippen LogP contribution in [0.4, 0.5) is 5.69 Å². The number of carbonyl (C=O) groups is 2. The number of carbonyl (C=O) groups excluding carboxylic acids is 2. The van der Waals surface area contributed by atoms with Gasteiger partial charge in [-0.3, -0.25) is 13.9 Å².